The zero-order valence-electron chi connectivity index (χ0n) is 22.8. The molecule has 42 heavy (non-hydrogen) atoms. The number of carbonyl (C=O) groups excluding carboxylic acids is 1. The van der Waals surface area contributed by atoms with Gasteiger partial charge in [0.1, 0.15) is 24.0 Å². The first kappa shape index (κ1) is 29.2. The van der Waals surface area contributed by atoms with Gasteiger partial charge in [0, 0.05) is 22.7 Å². The number of carbonyl (C=O) groups is 1. The van der Waals surface area contributed by atoms with E-state index in [1.54, 1.807) is 0 Å². The summed E-state index contributed by atoms with van der Waals surface area (Å²) in [4.78, 5) is 14.8. The van der Waals surface area contributed by atoms with Crippen LogP contribution in [-0.4, -0.2) is 5.78 Å². The number of ether oxygens (including phenoxy) is 1. The number of anilines is 1. The molecule has 1 atom stereocenters. The van der Waals surface area contributed by atoms with Crippen LogP contribution in [0.4, 0.5) is 23.2 Å². The minimum absolute atomic E-state index is 0.0221. The maximum Gasteiger partial charge on any atom is 0.418 e. The van der Waals surface area contributed by atoms with E-state index in [9.17, 15) is 27.6 Å². The van der Waals surface area contributed by atoms with E-state index in [4.69, 9.17) is 22.1 Å². The van der Waals surface area contributed by atoms with Crippen LogP contribution in [-0.2, 0) is 17.6 Å². The summed E-state index contributed by atoms with van der Waals surface area (Å²) in [5.74, 6) is -1.23. The van der Waals surface area contributed by atoms with Crippen LogP contribution in [0.2, 0.25) is 5.02 Å². The van der Waals surface area contributed by atoms with Crippen molar-refractivity contribution in [2.24, 2.45) is 5.73 Å². The monoisotopic (exact) mass is 595 g/mol. The van der Waals surface area contributed by atoms with Crippen molar-refractivity contribution < 1.29 is 27.1 Å². The molecule has 2 aliphatic rings. The number of benzene rings is 3. The summed E-state index contributed by atoms with van der Waals surface area (Å²) >= 11 is 5.93. The lowest BCUT2D eigenvalue weighted by Crippen LogP contribution is -2.39. The summed E-state index contributed by atoms with van der Waals surface area (Å²) in [5, 5.41) is 10.3. The van der Waals surface area contributed by atoms with E-state index in [2.05, 4.69) is 6.07 Å². The largest absolute Gasteiger partial charge is 0.489 e. The van der Waals surface area contributed by atoms with Crippen molar-refractivity contribution in [2.45, 2.75) is 51.8 Å². The molecule has 1 aliphatic carbocycles. The zero-order chi connectivity index (χ0) is 30.3. The molecule has 0 saturated carbocycles. The number of nitrogens with zero attached hydrogens (tertiary/aromatic N) is 2. The summed E-state index contributed by atoms with van der Waals surface area (Å²) < 4.78 is 61.7. The van der Waals surface area contributed by atoms with E-state index in [0.29, 0.717) is 29.9 Å². The third-order valence-electron chi connectivity index (χ3n) is 7.64. The Bertz CT molecular complexity index is 1690. The van der Waals surface area contributed by atoms with E-state index in [1.807, 2.05) is 26.0 Å². The number of allylic oxidation sites excluding steroid dienone is 3. The lowest BCUT2D eigenvalue weighted by Gasteiger charge is -2.41. The van der Waals surface area contributed by atoms with E-state index in [1.165, 1.54) is 41.3 Å². The van der Waals surface area contributed by atoms with Gasteiger partial charge >= 0.3 is 6.18 Å². The van der Waals surface area contributed by atoms with Crippen LogP contribution >= 0.6 is 11.6 Å². The summed E-state index contributed by atoms with van der Waals surface area (Å²) in [5.41, 5.74) is 8.79. The lowest BCUT2D eigenvalue weighted by molar-refractivity contribution is -0.137. The van der Waals surface area contributed by atoms with Crippen LogP contribution in [0.3, 0.4) is 0 Å². The molecule has 216 valence electrons. The topological polar surface area (TPSA) is 79.3 Å². The third-order valence-corrected chi connectivity index (χ3v) is 7.87. The van der Waals surface area contributed by atoms with Gasteiger partial charge in [-0.15, -0.1) is 0 Å². The maximum absolute atomic E-state index is 14.2. The molecule has 5 rings (SSSR count). The number of hydrogen-bond acceptors (Lipinski definition) is 5. The Morgan fingerprint density at radius 1 is 1.10 bits per heavy atom. The second-order valence-corrected chi connectivity index (χ2v) is 10.8. The normalized spacial score (nSPS) is 17.3. The average Bonchev–Trinajstić information content (AvgIpc) is 2.93. The third kappa shape index (κ3) is 5.35. The Kier molecular flexibility index (Phi) is 7.78. The predicted molar refractivity (Wildman–Crippen MR) is 151 cm³/mol. The van der Waals surface area contributed by atoms with Gasteiger partial charge in [0.05, 0.1) is 28.8 Å². The van der Waals surface area contributed by atoms with Crippen molar-refractivity contribution >= 4 is 23.1 Å². The first-order chi connectivity index (χ1) is 19.9. The Hall–Kier alpha value is -4.29. The molecule has 0 fully saturated rings. The minimum Gasteiger partial charge on any atom is -0.489 e. The molecule has 0 spiro atoms. The number of nitrogens with two attached hydrogens (primary N) is 1. The quantitative estimate of drug-likeness (QED) is 0.302. The molecule has 10 heteroatoms. The predicted octanol–water partition coefficient (Wildman–Crippen LogP) is 8.00. The fourth-order valence-corrected chi connectivity index (χ4v) is 5.88. The molecule has 3 aromatic carbocycles. The van der Waals surface area contributed by atoms with Crippen LogP contribution in [0.25, 0.3) is 0 Å². The highest BCUT2D eigenvalue weighted by Crippen LogP contribution is 2.49. The number of aryl methyl sites for hydroxylation is 1. The Morgan fingerprint density at radius 3 is 2.48 bits per heavy atom. The van der Waals surface area contributed by atoms with Gasteiger partial charge in [-0.2, -0.15) is 18.4 Å². The molecule has 1 aliphatic heterocycles. The van der Waals surface area contributed by atoms with Gasteiger partial charge in [-0.05, 0) is 85.8 Å². The van der Waals surface area contributed by atoms with Crippen molar-refractivity contribution in [3.63, 3.8) is 0 Å². The van der Waals surface area contributed by atoms with Gasteiger partial charge in [-0.25, -0.2) is 4.39 Å². The van der Waals surface area contributed by atoms with E-state index in [0.717, 1.165) is 22.8 Å². The summed E-state index contributed by atoms with van der Waals surface area (Å²) in [7, 11) is 0. The molecular weight excluding hydrogens is 570 g/mol. The summed E-state index contributed by atoms with van der Waals surface area (Å²) in [6.45, 7) is 3.83. The molecule has 1 heterocycles. The molecule has 5 nitrogen and oxygen atoms in total. The van der Waals surface area contributed by atoms with Crippen LogP contribution in [0.5, 0.6) is 5.75 Å². The van der Waals surface area contributed by atoms with Gasteiger partial charge in [0.2, 0.25) is 0 Å². The standard InChI is InChI=1S/C32H26ClF4N3O2/c1-17-12-19(16-42-22-9-7-21(34)8-10-22)18(2)23(13-17)29-24(15-38)31(39)40(27-4-3-5-28(41)30(27)29)26-11-6-20(33)14-25(26)32(35,36)37/h6-14,29H,3-5,16,39H2,1-2H3. The number of alkyl halides is 3. The van der Waals surface area contributed by atoms with Gasteiger partial charge in [0.15, 0.2) is 5.78 Å². The molecule has 0 aromatic heterocycles. The highest BCUT2D eigenvalue weighted by atomic mass is 35.5. The van der Waals surface area contributed by atoms with Crippen molar-refractivity contribution in [3.05, 3.63) is 116 Å². The summed E-state index contributed by atoms with van der Waals surface area (Å²) in [6.07, 6.45) is -3.85. The highest BCUT2D eigenvalue weighted by molar-refractivity contribution is 6.30. The molecule has 2 N–H and O–H groups in total. The number of nitriles is 1. The fourth-order valence-electron chi connectivity index (χ4n) is 5.71. The Labute approximate surface area is 245 Å². The van der Waals surface area contributed by atoms with Crippen LogP contribution in [0.15, 0.2) is 77.3 Å². The van der Waals surface area contributed by atoms with Crippen molar-refractivity contribution in [2.75, 3.05) is 4.90 Å². The Morgan fingerprint density at radius 2 is 1.81 bits per heavy atom. The number of halogens is 5. The summed E-state index contributed by atoms with van der Waals surface area (Å²) in [6, 6.07) is 14.8. The first-order valence-electron chi connectivity index (χ1n) is 13.2. The molecule has 0 amide bonds. The fraction of sp³-hybridized carbons (Fsp3) is 0.250. The van der Waals surface area contributed by atoms with E-state index in [-0.39, 0.29) is 46.5 Å². The molecule has 1 unspecified atom stereocenters. The SMILES string of the molecule is Cc1cc(COc2ccc(F)cc2)c(C)c(C2C(C#N)=C(N)N(c3ccc(Cl)cc3C(F)(F)F)C3=C2C(=O)CCC3)c1. The van der Waals surface area contributed by atoms with E-state index >= 15 is 0 Å². The van der Waals surface area contributed by atoms with Gasteiger partial charge < -0.3 is 10.5 Å². The second kappa shape index (κ2) is 11.2. The maximum atomic E-state index is 14.2. The van der Waals surface area contributed by atoms with Crippen LogP contribution in [0, 0.1) is 31.0 Å². The van der Waals surface area contributed by atoms with Crippen molar-refractivity contribution in [1.29, 1.82) is 5.26 Å². The molecular formula is C32H26ClF4N3O2. The van der Waals surface area contributed by atoms with Crippen LogP contribution in [0.1, 0.15) is 53.0 Å². The first-order valence-corrected chi connectivity index (χ1v) is 13.6. The molecule has 0 saturated heterocycles. The Balaban J connectivity index is 1.67. The molecule has 0 radical (unpaired) electrons. The van der Waals surface area contributed by atoms with E-state index < -0.39 is 23.5 Å². The van der Waals surface area contributed by atoms with Crippen molar-refractivity contribution in [3.8, 4) is 11.8 Å². The number of Topliss-reactive ketones (excluding diaryl/α,β-unsaturated/α-hetero) is 1. The van der Waals surface area contributed by atoms with Gasteiger partial charge in [0.25, 0.3) is 0 Å². The zero-order valence-corrected chi connectivity index (χ0v) is 23.5. The average molecular weight is 596 g/mol. The molecule has 0 bridgehead atoms. The molecule has 3 aromatic rings. The van der Waals surface area contributed by atoms with Gasteiger partial charge in [-0.1, -0.05) is 29.3 Å². The number of hydrogen-bond donors (Lipinski definition) is 1. The van der Waals surface area contributed by atoms with Crippen LogP contribution < -0.4 is 15.4 Å². The number of rotatable bonds is 5. The second-order valence-electron chi connectivity index (χ2n) is 10.4. The van der Waals surface area contributed by atoms with Gasteiger partial charge in [-0.3, -0.25) is 9.69 Å². The lowest BCUT2D eigenvalue weighted by atomic mass is 9.73. The smallest absolute Gasteiger partial charge is 0.418 e. The van der Waals surface area contributed by atoms with Crippen molar-refractivity contribution in [1.82, 2.24) is 0 Å². The highest BCUT2D eigenvalue weighted by Gasteiger charge is 2.44. The number of ketones is 1. The minimum atomic E-state index is -4.77.